The van der Waals surface area contributed by atoms with Gasteiger partial charge in [0, 0.05) is 6.04 Å². The lowest BCUT2D eigenvalue weighted by Gasteiger charge is -2.23. The number of nitrogens with two attached hydrogens (primary N) is 1. The van der Waals surface area contributed by atoms with Crippen LogP contribution in [-0.2, 0) is 6.18 Å². The molecule has 0 aromatic heterocycles. The molecule has 0 spiro atoms. The van der Waals surface area contributed by atoms with E-state index >= 15 is 0 Å². The van der Waals surface area contributed by atoms with Gasteiger partial charge in [-0.05, 0) is 42.0 Å². The lowest BCUT2D eigenvalue weighted by Crippen LogP contribution is -2.19. The molecule has 0 fully saturated rings. The second-order valence-corrected chi connectivity index (χ2v) is 5.94. The SMILES string of the molecule is CC(C)(C)CCC(N)c1cc(F)ccc1C(F)(F)F. The monoisotopic (exact) mass is 277 g/mol. The summed E-state index contributed by atoms with van der Waals surface area (Å²) in [4.78, 5) is 0. The zero-order valence-electron chi connectivity index (χ0n) is 11.3. The van der Waals surface area contributed by atoms with Gasteiger partial charge in [-0.1, -0.05) is 20.8 Å². The van der Waals surface area contributed by atoms with E-state index < -0.39 is 23.6 Å². The molecule has 19 heavy (non-hydrogen) atoms. The molecule has 0 heterocycles. The van der Waals surface area contributed by atoms with Crippen LogP contribution in [0.15, 0.2) is 18.2 Å². The third kappa shape index (κ3) is 4.82. The maximum atomic E-state index is 13.1. The van der Waals surface area contributed by atoms with Crippen molar-refractivity contribution < 1.29 is 17.6 Å². The van der Waals surface area contributed by atoms with Gasteiger partial charge in [0.2, 0.25) is 0 Å². The molecule has 1 unspecified atom stereocenters. The number of halogens is 4. The number of hydrogen-bond donors (Lipinski definition) is 1. The van der Waals surface area contributed by atoms with E-state index in [2.05, 4.69) is 0 Å². The molecule has 0 saturated carbocycles. The minimum Gasteiger partial charge on any atom is -0.324 e. The average Bonchev–Trinajstić information content (AvgIpc) is 2.23. The Balaban J connectivity index is 3.01. The Labute approximate surface area is 110 Å². The van der Waals surface area contributed by atoms with Crippen molar-refractivity contribution in [3.05, 3.63) is 35.1 Å². The molecule has 0 amide bonds. The zero-order chi connectivity index (χ0) is 14.8. The van der Waals surface area contributed by atoms with E-state index in [1.54, 1.807) is 0 Å². The van der Waals surface area contributed by atoms with Crippen molar-refractivity contribution in [2.75, 3.05) is 0 Å². The lowest BCUT2D eigenvalue weighted by molar-refractivity contribution is -0.138. The first kappa shape index (κ1) is 16.0. The molecule has 108 valence electrons. The minimum absolute atomic E-state index is 0.0245. The second kappa shape index (κ2) is 5.49. The van der Waals surface area contributed by atoms with Gasteiger partial charge < -0.3 is 5.73 Å². The van der Waals surface area contributed by atoms with Gasteiger partial charge in [0.25, 0.3) is 0 Å². The Bertz CT molecular complexity index is 432. The predicted molar refractivity (Wildman–Crippen MR) is 67.0 cm³/mol. The van der Waals surface area contributed by atoms with Crippen LogP contribution in [0.4, 0.5) is 17.6 Å². The van der Waals surface area contributed by atoms with E-state index in [4.69, 9.17) is 5.73 Å². The van der Waals surface area contributed by atoms with Gasteiger partial charge in [-0.25, -0.2) is 4.39 Å². The molecule has 2 N–H and O–H groups in total. The number of alkyl halides is 3. The van der Waals surface area contributed by atoms with Crippen molar-refractivity contribution in [2.24, 2.45) is 11.1 Å². The average molecular weight is 277 g/mol. The van der Waals surface area contributed by atoms with Crippen molar-refractivity contribution in [3.8, 4) is 0 Å². The van der Waals surface area contributed by atoms with Crippen LogP contribution in [0.25, 0.3) is 0 Å². The molecule has 5 heteroatoms. The first-order valence-electron chi connectivity index (χ1n) is 6.13. The number of benzene rings is 1. The van der Waals surface area contributed by atoms with Crippen molar-refractivity contribution in [3.63, 3.8) is 0 Å². The van der Waals surface area contributed by atoms with Crippen LogP contribution in [0.1, 0.15) is 50.8 Å². The highest BCUT2D eigenvalue weighted by molar-refractivity contribution is 5.32. The quantitative estimate of drug-likeness (QED) is 0.798. The van der Waals surface area contributed by atoms with Gasteiger partial charge in [0.1, 0.15) is 5.82 Å². The van der Waals surface area contributed by atoms with Crippen LogP contribution >= 0.6 is 0 Å². The Morgan fingerprint density at radius 1 is 1.16 bits per heavy atom. The fraction of sp³-hybridized carbons (Fsp3) is 0.571. The molecule has 1 aromatic rings. The van der Waals surface area contributed by atoms with Crippen molar-refractivity contribution in [2.45, 2.75) is 45.8 Å². The van der Waals surface area contributed by atoms with Crippen LogP contribution < -0.4 is 5.73 Å². The topological polar surface area (TPSA) is 26.0 Å². The Morgan fingerprint density at radius 2 is 1.74 bits per heavy atom. The summed E-state index contributed by atoms with van der Waals surface area (Å²) in [6.07, 6.45) is -3.46. The van der Waals surface area contributed by atoms with E-state index in [1.807, 2.05) is 20.8 Å². The van der Waals surface area contributed by atoms with Crippen molar-refractivity contribution in [1.29, 1.82) is 0 Å². The maximum Gasteiger partial charge on any atom is 0.416 e. The summed E-state index contributed by atoms with van der Waals surface area (Å²) >= 11 is 0. The van der Waals surface area contributed by atoms with E-state index in [0.29, 0.717) is 12.8 Å². The first-order chi connectivity index (χ1) is 8.50. The lowest BCUT2D eigenvalue weighted by atomic mass is 9.86. The first-order valence-corrected chi connectivity index (χ1v) is 6.13. The largest absolute Gasteiger partial charge is 0.416 e. The minimum atomic E-state index is -4.51. The summed E-state index contributed by atoms with van der Waals surface area (Å²) in [5.74, 6) is -0.700. The molecule has 0 aliphatic carbocycles. The zero-order valence-corrected chi connectivity index (χ0v) is 11.3. The fourth-order valence-electron chi connectivity index (χ4n) is 1.84. The summed E-state index contributed by atoms with van der Waals surface area (Å²) in [7, 11) is 0. The van der Waals surface area contributed by atoms with Crippen molar-refractivity contribution in [1.82, 2.24) is 0 Å². The molecule has 0 bridgehead atoms. The number of rotatable bonds is 3. The van der Waals surface area contributed by atoms with Crippen LogP contribution in [-0.4, -0.2) is 0 Å². The normalized spacial score (nSPS) is 14.5. The molecule has 0 aliphatic heterocycles. The third-order valence-electron chi connectivity index (χ3n) is 2.92. The summed E-state index contributed by atoms with van der Waals surface area (Å²) in [5, 5.41) is 0. The Kier molecular flexibility index (Phi) is 4.61. The Hall–Kier alpha value is -1.10. The highest BCUT2D eigenvalue weighted by atomic mass is 19.4. The highest BCUT2D eigenvalue weighted by Gasteiger charge is 2.34. The van der Waals surface area contributed by atoms with Crippen LogP contribution in [0, 0.1) is 11.2 Å². The van der Waals surface area contributed by atoms with Crippen molar-refractivity contribution >= 4 is 0 Å². The molecular formula is C14H19F4N. The standard InChI is InChI=1S/C14H19F4N/c1-13(2,3)7-6-12(19)10-8-9(15)4-5-11(10)14(16,17)18/h4-5,8,12H,6-7,19H2,1-3H3. The summed E-state index contributed by atoms with van der Waals surface area (Å²) < 4.78 is 51.7. The van der Waals surface area contributed by atoms with Gasteiger partial charge >= 0.3 is 6.18 Å². The van der Waals surface area contributed by atoms with Gasteiger partial charge in [0.15, 0.2) is 0 Å². The van der Waals surface area contributed by atoms with Crippen LogP contribution in [0.3, 0.4) is 0 Å². The Morgan fingerprint density at radius 3 is 2.21 bits per heavy atom. The molecule has 0 saturated heterocycles. The van der Waals surface area contributed by atoms with Crippen LogP contribution in [0.5, 0.6) is 0 Å². The van der Waals surface area contributed by atoms with E-state index in [9.17, 15) is 17.6 Å². The second-order valence-electron chi connectivity index (χ2n) is 5.94. The molecule has 1 rings (SSSR count). The van der Waals surface area contributed by atoms with Gasteiger partial charge in [-0.3, -0.25) is 0 Å². The molecule has 0 radical (unpaired) electrons. The summed E-state index contributed by atoms with van der Waals surface area (Å²) in [5.41, 5.74) is 4.76. The molecule has 1 nitrogen and oxygen atoms in total. The molecule has 0 aliphatic rings. The fourth-order valence-corrected chi connectivity index (χ4v) is 1.84. The third-order valence-corrected chi connectivity index (χ3v) is 2.92. The molecule has 1 atom stereocenters. The van der Waals surface area contributed by atoms with Gasteiger partial charge in [0.05, 0.1) is 5.56 Å². The van der Waals surface area contributed by atoms with Gasteiger partial charge in [-0.2, -0.15) is 13.2 Å². The maximum absolute atomic E-state index is 13.1. The smallest absolute Gasteiger partial charge is 0.324 e. The van der Waals surface area contributed by atoms with Gasteiger partial charge in [-0.15, -0.1) is 0 Å². The number of hydrogen-bond acceptors (Lipinski definition) is 1. The van der Waals surface area contributed by atoms with E-state index in [1.165, 1.54) is 0 Å². The molecular weight excluding hydrogens is 258 g/mol. The molecule has 1 aromatic carbocycles. The van der Waals surface area contributed by atoms with E-state index in [-0.39, 0.29) is 11.0 Å². The van der Waals surface area contributed by atoms with E-state index in [0.717, 1.165) is 18.2 Å². The highest BCUT2D eigenvalue weighted by Crippen LogP contribution is 2.36. The summed E-state index contributed by atoms with van der Waals surface area (Å²) in [6.45, 7) is 5.95. The predicted octanol–water partition coefficient (Wildman–Crippen LogP) is 4.67. The van der Waals surface area contributed by atoms with Crippen LogP contribution in [0.2, 0.25) is 0 Å². The summed E-state index contributed by atoms with van der Waals surface area (Å²) in [6, 6.07) is 1.63.